The van der Waals surface area contributed by atoms with Crippen LogP contribution in [0.5, 0.6) is 0 Å². The smallest absolute Gasteiger partial charge is 0.264 e. The molecule has 3 aromatic carbocycles. The number of amides is 2. The highest BCUT2D eigenvalue weighted by molar-refractivity contribution is 7.92. The Morgan fingerprint density at radius 1 is 0.923 bits per heavy atom. The molecule has 1 N–H and O–H groups in total. The molecule has 0 aliphatic heterocycles. The van der Waals surface area contributed by atoms with Crippen LogP contribution in [0, 0.1) is 19.8 Å². The standard InChI is InChI=1S/C30H36ClN3O4S/c1-21(2)18-32-30(36)24(5)33(19-25-11-9-10-22(3)16-25)29(35)20-34(26-15-14-23(4)28(31)17-26)39(37,38)27-12-7-6-8-13-27/h6-17,21,24H,18-20H2,1-5H3,(H,32,36)/t24-/m0/s1. The highest BCUT2D eigenvalue weighted by Gasteiger charge is 2.32. The summed E-state index contributed by atoms with van der Waals surface area (Å²) >= 11 is 6.36. The monoisotopic (exact) mass is 569 g/mol. The number of nitrogens with one attached hydrogen (secondary N) is 1. The van der Waals surface area contributed by atoms with E-state index in [9.17, 15) is 18.0 Å². The number of carbonyl (C=O) groups is 2. The number of halogens is 1. The molecular weight excluding hydrogens is 534 g/mol. The third kappa shape index (κ3) is 7.83. The van der Waals surface area contributed by atoms with E-state index in [0.717, 1.165) is 21.0 Å². The highest BCUT2D eigenvalue weighted by atomic mass is 35.5. The van der Waals surface area contributed by atoms with Crippen LogP contribution in [-0.2, 0) is 26.2 Å². The number of hydrogen-bond donors (Lipinski definition) is 1. The van der Waals surface area contributed by atoms with Crippen LogP contribution in [0.1, 0.15) is 37.5 Å². The van der Waals surface area contributed by atoms with Crippen LogP contribution >= 0.6 is 11.6 Å². The van der Waals surface area contributed by atoms with Gasteiger partial charge in [-0.3, -0.25) is 13.9 Å². The summed E-state index contributed by atoms with van der Waals surface area (Å²) in [6.45, 7) is 9.49. The van der Waals surface area contributed by atoms with Gasteiger partial charge in [0, 0.05) is 18.1 Å². The molecule has 0 heterocycles. The molecule has 0 bridgehead atoms. The van der Waals surface area contributed by atoms with Crippen molar-refractivity contribution in [1.82, 2.24) is 10.2 Å². The van der Waals surface area contributed by atoms with Gasteiger partial charge in [0.2, 0.25) is 11.8 Å². The lowest BCUT2D eigenvalue weighted by atomic mass is 10.1. The van der Waals surface area contributed by atoms with Gasteiger partial charge in [0.05, 0.1) is 10.6 Å². The van der Waals surface area contributed by atoms with E-state index < -0.39 is 28.5 Å². The Hall–Kier alpha value is -3.36. The number of anilines is 1. The third-order valence-electron chi connectivity index (χ3n) is 6.34. The molecule has 0 aliphatic carbocycles. The molecule has 0 saturated heterocycles. The molecule has 208 valence electrons. The van der Waals surface area contributed by atoms with E-state index in [4.69, 9.17) is 11.6 Å². The summed E-state index contributed by atoms with van der Waals surface area (Å²) in [6.07, 6.45) is 0. The topological polar surface area (TPSA) is 86.8 Å². The van der Waals surface area contributed by atoms with E-state index in [1.54, 1.807) is 37.3 Å². The maximum atomic E-state index is 13.9. The first-order chi connectivity index (χ1) is 18.4. The zero-order valence-electron chi connectivity index (χ0n) is 23.0. The summed E-state index contributed by atoms with van der Waals surface area (Å²) in [5.74, 6) is -0.583. The van der Waals surface area contributed by atoms with Gasteiger partial charge in [-0.15, -0.1) is 0 Å². The average molecular weight is 570 g/mol. The molecule has 3 rings (SSSR count). The third-order valence-corrected chi connectivity index (χ3v) is 8.54. The van der Waals surface area contributed by atoms with Crippen LogP contribution in [-0.4, -0.2) is 44.3 Å². The minimum absolute atomic E-state index is 0.0439. The van der Waals surface area contributed by atoms with E-state index in [1.165, 1.54) is 23.1 Å². The second kappa shape index (κ2) is 13.1. The van der Waals surface area contributed by atoms with Crippen LogP contribution < -0.4 is 9.62 Å². The Bertz CT molecular complexity index is 1410. The number of benzene rings is 3. The fraction of sp³-hybridized carbons (Fsp3) is 0.333. The van der Waals surface area contributed by atoms with Crippen LogP contribution in [0.2, 0.25) is 5.02 Å². The van der Waals surface area contributed by atoms with Crippen molar-refractivity contribution in [2.24, 2.45) is 5.92 Å². The fourth-order valence-corrected chi connectivity index (χ4v) is 5.63. The lowest BCUT2D eigenvalue weighted by Crippen LogP contribution is -2.51. The molecule has 3 aromatic rings. The Labute approximate surface area is 236 Å². The second-order valence-electron chi connectivity index (χ2n) is 10.1. The predicted molar refractivity (Wildman–Crippen MR) is 156 cm³/mol. The zero-order valence-corrected chi connectivity index (χ0v) is 24.6. The van der Waals surface area contributed by atoms with Gasteiger partial charge in [0.15, 0.2) is 0 Å². The summed E-state index contributed by atoms with van der Waals surface area (Å²) < 4.78 is 28.7. The van der Waals surface area contributed by atoms with Crippen molar-refractivity contribution in [3.63, 3.8) is 0 Å². The maximum Gasteiger partial charge on any atom is 0.264 e. The van der Waals surface area contributed by atoms with Crippen LogP contribution in [0.25, 0.3) is 0 Å². The van der Waals surface area contributed by atoms with E-state index in [1.807, 2.05) is 52.0 Å². The van der Waals surface area contributed by atoms with Gasteiger partial charge in [0.25, 0.3) is 10.0 Å². The minimum Gasteiger partial charge on any atom is -0.354 e. The van der Waals surface area contributed by atoms with Crippen molar-refractivity contribution >= 4 is 39.1 Å². The van der Waals surface area contributed by atoms with Crippen molar-refractivity contribution in [3.8, 4) is 0 Å². The Kier molecular flexibility index (Phi) is 10.2. The number of nitrogens with zero attached hydrogens (tertiary/aromatic N) is 2. The largest absolute Gasteiger partial charge is 0.354 e. The van der Waals surface area contributed by atoms with Gasteiger partial charge in [-0.05, 0) is 62.1 Å². The number of aryl methyl sites for hydroxylation is 2. The van der Waals surface area contributed by atoms with E-state index in [2.05, 4.69) is 5.32 Å². The van der Waals surface area contributed by atoms with Crippen molar-refractivity contribution in [3.05, 3.63) is 94.5 Å². The quantitative estimate of drug-likeness (QED) is 0.338. The summed E-state index contributed by atoms with van der Waals surface area (Å²) in [5, 5.41) is 3.27. The van der Waals surface area contributed by atoms with Crippen molar-refractivity contribution in [2.45, 2.75) is 52.1 Å². The molecule has 0 aliphatic rings. The van der Waals surface area contributed by atoms with Gasteiger partial charge in [-0.25, -0.2) is 8.42 Å². The van der Waals surface area contributed by atoms with Gasteiger partial charge in [0.1, 0.15) is 12.6 Å². The molecule has 0 fully saturated rings. The molecule has 39 heavy (non-hydrogen) atoms. The predicted octanol–water partition coefficient (Wildman–Crippen LogP) is 5.34. The molecule has 7 nitrogen and oxygen atoms in total. The lowest BCUT2D eigenvalue weighted by Gasteiger charge is -2.32. The van der Waals surface area contributed by atoms with Crippen molar-refractivity contribution in [1.29, 1.82) is 0 Å². The zero-order chi connectivity index (χ0) is 28.7. The van der Waals surface area contributed by atoms with Crippen LogP contribution in [0.4, 0.5) is 5.69 Å². The molecule has 0 saturated carbocycles. The summed E-state index contributed by atoms with van der Waals surface area (Å²) in [6, 6.07) is 19.6. The van der Waals surface area contributed by atoms with E-state index >= 15 is 0 Å². The van der Waals surface area contributed by atoms with Gasteiger partial charge < -0.3 is 10.2 Å². The fourth-order valence-electron chi connectivity index (χ4n) is 4.03. The highest BCUT2D eigenvalue weighted by Crippen LogP contribution is 2.28. The number of sulfonamides is 1. The van der Waals surface area contributed by atoms with E-state index in [0.29, 0.717) is 11.6 Å². The van der Waals surface area contributed by atoms with Crippen LogP contribution in [0.3, 0.4) is 0 Å². The SMILES string of the molecule is Cc1cccc(CN(C(=O)CN(c2ccc(C)c(Cl)c2)S(=O)(=O)c2ccccc2)[C@@H](C)C(=O)NCC(C)C)c1. The minimum atomic E-state index is -4.13. The van der Waals surface area contributed by atoms with Gasteiger partial charge in [-0.2, -0.15) is 0 Å². The van der Waals surface area contributed by atoms with Gasteiger partial charge in [-0.1, -0.05) is 79.5 Å². The maximum absolute atomic E-state index is 13.9. The first-order valence-electron chi connectivity index (χ1n) is 12.9. The first kappa shape index (κ1) is 30.2. The number of carbonyl (C=O) groups excluding carboxylic acids is 2. The summed E-state index contributed by atoms with van der Waals surface area (Å²) in [7, 11) is -4.13. The molecule has 2 amide bonds. The first-order valence-corrected chi connectivity index (χ1v) is 14.7. The Balaban J connectivity index is 2.03. The Morgan fingerprint density at radius 3 is 2.23 bits per heavy atom. The van der Waals surface area contributed by atoms with Crippen LogP contribution in [0.15, 0.2) is 77.7 Å². The molecule has 0 spiro atoms. The van der Waals surface area contributed by atoms with Gasteiger partial charge >= 0.3 is 0 Å². The molecular formula is C30H36ClN3O4S. The van der Waals surface area contributed by atoms with Crippen molar-refractivity contribution < 1.29 is 18.0 Å². The molecule has 1 atom stereocenters. The molecule has 0 aromatic heterocycles. The Morgan fingerprint density at radius 2 is 1.62 bits per heavy atom. The molecule has 0 unspecified atom stereocenters. The normalized spacial score (nSPS) is 12.2. The summed E-state index contributed by atoms with van der Waals surface area (Å²) in [4.78, 5) is 28.5. The number of rotatable bonds is 11. The average Bonchev–Trinajstić information content (AvgIpc) is 2.90. The van der Waals surface area contributed by atoms with Crippen molar-refractivity contribution in [2.75, 3.05) is 17.4 Å². The second-order valence-corrected chi connectivity index (χ2v) is 12.4. The number of hydrogen-bond acceptors (Lipinski definition) is 4. The molecule has 9 heteroatoms. The summed E-state index contributed by atoms with van der Waals surface area (Å²) in [5.41, 5.74) is 2.89. The lowest BCUT2D eigenvalue weighted by molar-refractivity contribution is -0.139. The molecule has 0 radical (unpaired) electrons. The van der Waals surface area contributed by atoms with E-state index in [-0.39, 0.29) is 29.0 Å².